The third-order valence-electron chi connectivity index (χ3n) is 4.21. The van der Waals surface area contributed by atoms with E-state index in [-0.39, 0.29) is 8.69 Å². The summed E-state index contributed by atoms with van der Waals surface area (Å²) >= 11 is 0. The van der Waals surface area contributed by atoms with Crippen LogP contribution < -0.4 is 9.26 Å². The Hall–Kier alpha value is -1.08. The predicted molar refractivity (Wildman–Crippen MR) is 101 cm³/mol. The van der Waals surface area contributed by atoms with Crippen molar-refractivity contribution in [2.45, 2.75) is 84.0 Å². The fourth-order valence-corrected chi connectivity index (χ4v) is 3.00. The molecule has 0 N–H and O–H groups in total. The second kappa shape index (κ2) is 15.4. The molecule has 0 aliphatic rings. The highest BCUT2D eigenvalue weighted by molar-refractivity contribution is 7.17. The van der Waals surface area contributed by atoms with Crippen molar-refractivity contribution in [1.82, 2.24) is 0 Å². The molecule has 0 unspecified atom stereocenters. The van der Waals surface area contributed by atoms with Crippen LogP contribution in [-0.4, -0.2) is 6.61 Å². The third kappa shape index (κ3) is 11.5. The quantitative estimate of drug-likeness (QED) is 0.230. The Morgan fingerprint density at radius 3 is 1.92 bits per heavy atom. The molecule has 0 amide bonds. The fraction of sp³-hybridized carbons (Fsp3) is 0.700. The number of ether oxygens (including phenoxy) is 1. The summed E-state index contributed by atoms with van der Waals surface area (Å²) in [5, 5.41) is 0. The summed E-state index contributed by atoms with van der Waals surface area (Å²) in [7, 11) is -0.334. The molecule has 0 fully saturated rings. The Labute approximate surface area is 149 Å². The van der Waals surface area contributed by atoms with Crippen LogP contribution in [0.15, 0.2) is 24.3 Å². The molecule has 24 heavy (non-hydrogen) atoms. The smallest absolute Gasteiger partial charge is 0.395 e. The first-order chi connectivity index (χ1) is 11.9. The zero-order chi connectivity index (χ0) is 17.3. The number of rotatable bonds is 16. The van der Waals surface area contributed by atoms with Crippen LogP contribution >= 0.6 is 8.69 Å². The summed E-state index contributed by atoms with van der Waals surface area (Å²) in [6.45, 7) is 3.00. The lowest BCUT2D eigenvalue weighted by Crippen LogP contribution is -1.97. The van der Waals surface area contributed by atoms with Crippen LogP contribution in [0.5, 0.6) is 11.5 Å². The minimum atomic E-state index is -0.334. The van der Waals surface area contributed by atoms with Gasteiger partial charge < -0.3 is 9.26 Å². The first kappa shape index (κ1) is 21.0. The van der Waals surface area contributed by atoms with E-state index in [4.69, 9.17) is 9.26 Å². The van der Waals surface area contributed by atoms with Gasteiger partial charge in [0.2, 0.25) is 0 Å². The summed E-state index contributed by atoms with van der Waals surface area (Å²) in [6, 6.07) is 7.28. The Balaban J connectivity index is 1.88. The van der Waals surface area contributed by atoms with E-state index in [9.17, 15) is 4.57 Å². The van der Waals surface area contributed by atoms with Crippen LogP contribution in [0.25, 0.3) is 0 Å². The van der Waals surface area contributed by atoms with Crippen molar-refractivity contribution in [3.05, 3.63) is 24.3 Å². The van der Waals surface area contributed by atoms with Gasteiger partial charge in [-0.05, 0) is 18.6 Å². The van der Waals surface area contributed by atoms with Crippen LogP contribution in [0, 0.1) is 0 Å². The molecule has 0 aromatic heterocycles. The molecule has 0 saturated carbocycles. The Morgan fingerprint density at radius 1 is 0.792 bits per heavy atom. The van der Waals surface area contributed by atoms with E-state index in [1.165, 1.54) is 70.6 Å². The van der Waals surface area contributed by atoms with E-state index in [2.05, 4.69) is 6.92 Å². The van der Waals surface area contributed by atoms with Crippen molar-refractivity contribution >= 4 is 8.69 Å². The molecule has 0 saturated heterocycles. The van der Waals surface area contributed by atoms with Crippen LogP contribution in [0.3, 0.4) is 0 Å². The zero-order valence-corrected chi connectivity index (χ0v) is 16.1. The lowest BCUT2D eigenvalue weighted by Gasteiger charge is -2.07. The van der Waals surface area contributed by atoms with Crippen molar-refractivity contribution in [2.24, 2.45) is 0 Å². The maximum Gasteiger partial charge on any atom is 0.395 e. The summed E-state index contributed by atoms with van der Waals surface area (Å²) < 4.78 is 21.0. The second-order valence-corrected chi connectivity index (χ2v) is 6.71. The molecule has 0 heterocycles. The molecule has 136 valence electrons. The lowest BCUT2D eigenvalue weighted by atomic mass is 10.1. The Morgan fingerprint density at radius 2 is 1.33 bits per heavy atom. The number of hydrogen-bond donors (Lipinski definition) is 0. The predicted octanol–water partition coefficient (Wildman–Crippen LogP) is 7.35. The summed E-state index contributed by atoms with van der Waals surface area (Å²) in [4.78, 5) is 0. The van der Waals surface area contributed by atoms with Gasteiger partial charge in [-0.2, -0.15) is 0 Å². The van der Waals surface area contributed by atoms with E-state index in [0.717, 1.165) is 18.8 Å². The minimum Gasteiger partial charge on any atom is -0.493 e. The molecule has 0 atom stereocenters. The summed E-state index contributed by atoms with van der Waals surface area (Å²) in [5.74, 6) is 1.35. The van der Waals surface area contributed by atoms with Crippen LogP contribution in [-0.2, 0) is 4.57 Å². The van der Waals surface area contributed by atoms with Crippen molar-refractivity contribution in [1.29, 1.82) is 0 Å². The highest BCUT2D eigenvalue weighted by Gasteiger charge is 1.98. The standard InChI is InChI=1S/C20H33O3P/c1-2-3-4-5-6-7-8-9-10-11-12-13-17-22-19-15-14-16-20(18-19)23-24-21/h14-16,18H,2-13,17H2,1H3. The summed E-state index contributed by atoms with van der Waals surface area (Å²) in [5.41, 5.74) is 0. The highest BCUT2D eigenvalue weighted by Crippen LogP contribution is 2.22. The lowest BCUT2D eigenvalue weighted by molar-refractivity contribution is 0.303. The molecule has 0 aliphatic heterocycles. The van der Waals surface area contributed by atoms with Gasteiger partial charge in [-0.15, -0.1) is 0 Å². The SMILES string of the molecule is CCCCCCCCCCCCCCOc1cccc(OP=O)c1. The number of benzene rings is 1. The molecule has 0 bridgehead atoms. The first-order valence-electron chi connectivity index (χ1n) is 9.59. The van der Waals surface area contributed by atoms with Crippen molar-refractivity contribution in [3.63, 3.8) is 0 Å². The normalized spacial score (nSPS) is 10.9. The maximum absolute atomic E-state index is 10.4. The largest absolute Gasteiger partial charge is 0.493 e. The molecule has 0 spiro atoms. The Kier molecular flexibility index (Phi) is 13.5. The average Bonchev–Trinajstić information content (AvgIpc) is 2.60. The van der Waals surface area contributed by atoms with Crippen molar-refractivity contribution < 1.29 is 13.8 Å². The van der Waals surface area contributed by atoms with Gasteiger partial charge in [0.1, 0.15) is 11.5 Å². The first-order valence-corrected chi connectivity index (χ1v) is 10.3. The average molecular weight is 352 g/mol. The number of unbranched alkanes of at least 4 members (excludes halogenated alkanes) is 11. The van der Waals surface area contributed by atoms with Gasteiger partial charge in [0, 0.05) is 6.07 Å². The summed E-state index contributed by atoms with van der Waals surface area (Å²) in [6.07, 6.45) is 16.1. The van der Waals surface area contributed by atoms with Gasteiger partial charge in [-0.25, -0.2) is 4.57 Å². The van der Waals surface area contributed by atoms with Crippen molar-refractivity contribution in [3.8, 4) is 11.5 Å². The topological polar surface area (TPSA) is 35.5 Å². The van der Waals surface area contributed by atoms with Crippen LogP contribution in [0.4, 0.5) is 0 Å². The molecule has 0 radical (unpaired) electrons. The van der Waals surface area contributed by atoms with E-state index < -0.39 is 0 Å². The van der Waals surface area contributed by atoms with Gasteiger partial charge >= 0.3 is 8.69 Å². The van der Waals surface area contributed by atoms with Crippen LogP contribution in [0.2, 0.25) is 0 Å². The molecular formula is C20H33O3P. The van der Waals surface area contributed by atoms with E-state index in [1.807, 2.05) is 12.1 Å². The van der Waals surface area contributed by atoms with E-state index in [1.54, 1.807) is 12.1 Å². The van der Waals surface area contributed by atoms with Gasteiger partial charge in [-0.3, -0.25) is 0 Å². The number of hydrogen-bond acceptors (Lipinski definition) is 3. The van der Waals surface area contributed by atoms with Crippen LogP contribution in [0.1, 0.15) is 84.0 Å². The second-order valence-electron chi connectivity index (χ2n) is 6.38. The van der Waals surface area contributed by atoms with E-state index >= 15 is 0 Å². The fourth-order valence-electron chi connectivity index (χ4n) is 2.80. The van der Waals surface area contributed by atoms with Gasteiger partial charge in [0.15, 0.2) is 0 Å². The third-order valence-corrected chi connectivity index (χ3v) is 4.50. The molecule has 4 heteroatoms. The molecule has 0 aliphatic carbocycles. The van der Waals surface area contributed by atoms with Gasteiger partial charge in [-0.1, -0.05) is 83.6 Å². The highest BCUT2D eigenvalue weighted by atomic mass is 31.1. The van der Waals surface area contributed by atoms with Gasteiger partial charge in [0.05, 0.1) is 6.61 Å². The van der Waals surface area contributed by atoms with Crippen molar-refractivity contribution in [2.75, 3.05) is 6.61 Å². The Bertz CT molecular complexity index is 423. The molecule has 1 aromatic rings. The molecular weight excluding hydrogens is 319 g/mol. The molecule has 1 aromatic carbocycles. The molecule has 3 nitrogen and oxygen atoms in total. The zero-order valence-electron chi connectivity index (χ0n) is 15.2. The maximum atomic E-state index is 10.4. The van der Waals surface area contributed by atoms with E-state index in [0.29, 0.717) is 5.75 Å². The minimum absolute atomic E-state index is 0.334. The monoisotopic (exact) mass is 352 g/mol. The van der Waals surface area contributed by atoms with Gasteiger partial charge in [0.25, 0.3) is 0 Å². The molecule has 1 rings (SSSR count).